The molecule has 0 saturated carbocycles. The maximum atomic E-state index is 13.8. The lowest BCUT2D eigenvalue weighted by molar-refractivity contribution is 0.104. The highest BCUT2D eigenvalue weighted by atomic mass is 19.1. The first-order valence-corrected chi connectivity index (χ1v) is 6.45. The van der Waals surface area contributed by atoms with Gasteiger partial charge in [-0.3, -0.25) is 9.48 Å². The number of ketones is 1. The average molecular weight is 268 g/mol. The molecule has 0 atom stereocenters. The molecule has 0 bridgehead atoms. The minimum Gasteiger partial charge on any atom is -0.288 e. The van der Waals surface area contributed by atoms with E-state index in [9.17, 15) is 9.18 Å². The van der Waals surface area contributed by atoms with Crippen molar-refractivity contribution in [3.05, 3.63) is 65.7 Å². The highest BCUT2D eigenvalue weighted by Gasteiger charge is 2.15. The molecule has 1 aromatic heterocycles. The van der Waals surface area contributed by atoms with E-state index in [4.69, 9.17) is 0 Å². The van der Waals surface area contributed by atoms with Crippen LogP contribution < -0.4 is 0 Å². The normalized spacial score (nSPS) is 10.9. The van der Waals surface area contributed by atoms with Crippen molar-refractivity contribution in [2.24, 2.45) is 0 Å². The Balaban J connectivity index is 2.14. The molecule has 0 saturated heterocycles. The van der Waals surface area contributed by atoms with Crippen LogP contribution in [0.2, 0.25) is 0 Å². The lowest BCUT2D eigenvalue weighted by Crippen LogP contribution is -2.02. The summed E-state index contributed by atoms with van der Waals surface area (Å²) in [4.78, 5) is 12.5. The summed E-state index contributed by atoms with van der Waals surface area (Å²) in [5, 5.41) is 5.19. The molecule has 20 heavy (non-hydrogen) atoms. The first-order chi connectivity index (χ1) is 9.70. The van der Waals surface area contributed by atoms with Gasteiger partial charge in [0.1, 0.15) is 5.82 Å². The van der Waals surface area contributed by atoms with Gasteiger partial charge in [0.05, 0.1) is 11.8 Å². The fourth-order valence-electron chi connectivity index (χ4n) is 2.27. The van der Waals surface area contributed by atoms with Gasteiger partial charge in [0, 0.05) is 23.7 Å². The van der Waals surface area contributed by atoms with E-state index in [0.29, 0.717) is 28.4 Å². The number of fused-ring (bicyclic) bond motifs is 1. The molecule has 0 aliphatic heterocycles. The Morgan fingerprint density at radius 3 is 2.65 bits per heavy atom. The molecule has 2 aromatic carbocycles. The van der Waals surface area contributed by atoms with Crippen LogP contribution in [0.1, 0.15) is 22.8 Å². The van der Waals surface area contributed by atoms with E-state index < -0.39 is 0 Å². The van der Waals surface area contributed by atoms with Crippen molar-refractivity contribution >= 4 is 16.6 Å². The summed E-state index contributed by atoms with van der Waals surface area (Å²) < 4.78 is 15.5. The largest absolute Gasteiger partial charge is 0.288 e. The predicted octanol–water partition coefficient (Wildman–Crippen LogP) is 3.43. The van der Waals surface area contributed by atoms with Crippen molar-refractivity contribution in [3.63, 3.8) is 0 Å². The highest BCUT2D eigenvalue weighted by Crippen LogP contribution is 2.23. The quantitative estimate of drug-likeness (QED) is 0.682. The van der Waals surface area contributed by atoms with Crippen LogP contribution in [0.3, 0.4) is 0 Å². The lowest BCUT2D eigenvalue weighted by Gasteiger charge is -2.05. The van der Waals surface area contributed by atoms with E-state index >= 15 is 0 Å². The summed E-state index contributed by atoms with van der Waals surface area (Å²) in [5.74, 6) is -0.456. The van der Waals surface area contributed by atoms with Crippen molar-refractivity contribution in [1.29, 1.82) is 0 Å². The van der Waals surface area contributed by atoms with Crippen molar-refractivity contribution in [3.8, 4) is 0 Å². The second-order valence-corrected chi connectivity index (χ2v) is 4.55. The summed E-state index contributed by atoms with van der Waals surface area (Å²) in [6, 6.07) is 9.86. The van der Waals surface area contributed by atoms with Gasteiger partial charge >= 0.3 is 0 Å². The van der Waals surface area contributed by atoms with E-state index in [1.54, 1.807) is 41.3 Å². The van der Waals surface area contributed by atoms with Crippen LogP contribution in [0.25, 0.3) is 10.8 Å². The van der Waals surface area contributed by atoms with Crippen molar-refractivity contribution in [1.82, 2.24) is 9.78 Å². The first-order valence-electron chi connectivity index (χ1n) is 6.45. The Kier molecular flexibility index (Phi) is 3.06. The van der Waals surface area contributed by atoms with E-state index in [-0.39, 0.29) is 11.6 Å². The molecule has 3 rings (SSSR count). The summed E-state index contributed by atoms with van der Waals surface area (Å²) in [5.41, 5.74) is 1.02. The molecular formula is C16H13FN2O. The molecule has 0 aliphatic carbocycles. The minimum atomic E-state index is -0.318. The third-order valence-corrected chi connectivity index (χ3v) is 3.33. The molecular weight excluding hydrogens is 255 g/mol. The van der Waals surface area contributed by atoms with Crippen LogP contribution in [-0.2, 0) is 6.54 Å². The SMILES string of the molecule is CCn1cc(C(=O)c2ccc(F)c3ccccc23)cn1. The molecule has 0 N–H and O–H groups in total. The zero-order chi connectivity index (χ0) is 14.1. The molecule has 3 nitrogen and oxygen atoms in total. The summed E-state index contributed by atoms with van der Waals surface area (Å²) in [6.45, 7) is 2.66. The third kappa shape index (κ3) is 1.99. The van der Waals surface area contributed by atoms with E-state index in [1.807, 2.05) is 6.92 Å². The van der Waals surface area contributed by atoms with Crippen molar-refractivity contribution < 1.29 is 9.18 Å². The van der Waals surface area contributed by atoms with Gasteiger partial charge in [0.25, 0.3) is 0 Å². The smallest absolute Gasteiger partial charge is 0.196 e. The predicted molar refractivity (Wildman–Crippen MR) is 75.2 cm³/mol. The summed E-state index contributed by atoms with van der Waals surface area (Å²) in [6.07, 6.45) is 3.25. The van der Waals surface area contributed by atoms with E-state index in [2.05, 4.69) is 5.10 Å². The number of aromatic nitrogens is 2. The summed E-state index contributed by atoms with van der Waals surface area (Å²) >= 11 is 0. The molecule has 0 fully saturated rings. The number of nitrogens with zero attached hydrogens (tertiary/aromatic N) is 2. The standard InChI is InChI=1S/C16H13FN2O/c1-2-19-10-11(9-18-19)16(20)14-7-8-15(17)13-6-4-3-5-12(13)14/h3-10H,2H2,1H3. The van der Waals surface area contributed by atoms with E-state index in [0.717, 1.165) is 0 Å². The maximum absolute atomic E-state index is 13.8. The number of hydrogen-bond donors (Lipinski definition) is 0. The van der Waals surface area contributed by atoms with E-state index in [1.165, 1.54) is 12.1 Å². The fourth-order valence-corrected chi connectivity index (χ4v) is 2.27. The molecule has 0 radical (unpaired) electrons. The Morgan fingerprint density at radius 1 is 1.20 bits per heavy atom. The molecule has 0 aliphatic rings. The summed E-state index contributed by atoms with van der Waals surface area (Å²) in [7, 11) is 0. The molecule has 3 aromatic rings. The Labute approximate surface area is 115 Å². The molecule has 0 unspecified atom stereocenters. The van der Waals surface area contributed by atoms with Crippen LogP contribution in [0.5, 0.6) is 0 Å². The zero-order valence-electron chi connectivity index (χ0n) is 11.0. The number of carbonyl (C=O) groups is 1. The van der Waals surface area contributed by atoms with Gasteiger partial charge < -0.3 is 0 Å². The first kappa shape index (κ1) is 12.5. The highest BCUT2D eigenvalue weighted by molar-refractivity contribution is 6.16. The number of halogens is 1. The Hall–Kier alpha value is -2.49. The van der Waals surface area contributed by atoms with Gasteiger partial charge in [-0.25, -0.2) is 4.39 Å². The van der Waals surface area contributed by atoms with Crippen LogP contribution >= 0.6 is 0 Å². The van der Waals surface area contributed by atoms with Gasteiger partial charge in [-0.1, -0.05) is 24.3 Å². The van der Waals surface area contributed by atoms with Gasteiger partial charge in [-0.05, 0) is 24.4 Å². The second kappa shape index (κ2) is 4.89. The number of hydrogen-bond acceptors (Lipinski definition) is 2. The number of rotatable bonds is 3. The molecule has 1 heterocycles. The molecule has 4 heteroatoms. The topological polar surface area (TPSA) is 34.9 Å². The maximum Gasteiger partial charge on any atom is 0.196 e. The van der Waals surface area contributed by atoms with Crippen molar-refractivity contribution in [2.45, 2.75) is 13.5 Å². The Morgan fingerprint density at radius 2 is 1.95 bits per heavy atom. The monoisotopic (exact) mass is 268 g/mol. The number of carbonyl (C=O) groups excluding carboxylic acids is 1. The van der Waals surface area contributed by atoms with Gasteiger partial charge in [-0.15, -0.1) is 0 Å². The van der Waals surface area contributed by atoms with Crippen molar-refractivity contribution in [2.75, 3.05) is 0 Å². The zero-order valence-corrected chi connectivity index (χ0v) is 11.0. The van der Waals surface area contributed by atoms with Gasteiger partial charge in [0.2, 0.25) is 0 Å². The minimum absolute atomic E-state index is 0.138. The second-order valence-electron chi connectivity index (χ2n) is 4.55. The van der Waals surface area contributed by atoms with Crippen LogP contribution in [0.15, 0.2) is 48.8 Å². The molecule has 100 valence electrons. The molecule has 0 spiro atoms. The molecule has 0 amide bonds. The Bertz CT molecular complexity index is 792. The van der Waals surface area contributed by atoms with Crippen LogP contribution in [0, 0.1) is 5.82 Å². The van der Waals surface area contributed by atoms with Crippen LogP contribution in [0.4, 0.5) is 4.39 Å². The van der Waals surface area contributed by atoms with Gasteiger partial charge in [-0.2, -0.15) is 5.10 Å². The third-order valence-electron chi connectivity index (χ3n) is 3.33. The average Bonchev–Trinajstić information content (AvgIpc) is 2.96. The fraction of sp³-hybridized carbons (Fsp3) is 0.125. The number of aryl methyl sites for hydroxylation is 1. The van der Waals surface area contributed by atoms with Gasteiger partial charge in [0.15, 0.2) is 5.78 Å². The van der Waals surface area contributed by atoms with Crippen LogP contribution in [-0.4, -0.2) is 15.6 Å². The number of benzene rings is 2. The lowest BCUT2D eigenvalue weighted by atomic mass is 9.98.